The molecule has 5 heteroatoms. The van der Waals surface area contributed by atoms with Gasteiger partial charge in [0.2, 0.25) is 10.9 Å². The van der Waals surface area contributed by atoms with Gasteiger partial charge in [-0.1, -0.05) is 38.3 Å². The van der Waals surface area contributed by atoms with Gasteiger partial charge in [0.1, 0.15) is 23.2 Å². The third-order valence-corrected chi connectivity index (χ3v) is 7.98. The van der Waals surface area contributed by atoms with Crippen molar-refractivity contribution in [1.82, 2.24) is 0 Å². The summed E-state index contributed by atoms with van der Waals surface area (Å²) in [6, 6.07) is 5.35. The van der Waals surface area contributed by atoms with Crippen LogP contribution in [0.15, 0.2) is 18.2 Å². The number of benzene rings is 1. The Morgan fingerprint density at radius 1 is 1.15 bits per heavy atom. The topological polar surface area (TPSA) is 52.6 Å². The van der Waals surface area contributed by atoms with Gasteiger partial charge in [0.05, 0.1) is 14.2 Å². The van der Waals surface area contributed by atoms with Gasteiger partial charge in [-0.25, -0.2) is 0 Å². The van der Waals surface area contributed by atoms with Crippen LogP contribution in [0.2, 0.25) is 0 Å². The summed E-state index contributed by atoms with van der Waals surface area (Å²) in [6.07, 6.45) is 4.84. The molecule has 2 unspecified atom stereocenters. The molecule has 0 bridgehead atoms. The molecule has 4 nitrogen and oxygen atoms in total. The maximum Gasteiger partial charge on any atom is 0.353 e. The van der Waals surface area contributed by atoms with Crippen molar-refractivity contribution in [3.05, 3.63) is 23.8 Å². The van der Waals surface area contributed by atoms with Crippen LogP contribution < -0.4 is 9.47 Å². The van der Waals surface area contributed by atoms with Crippen LogP contribution in [-0.2, 0) is 4.57 Å². The molecule has 27 heavy (non-hydrogen) atoms. The normalized spacial score (nSPS) is 18.1. The summed E-state index contributed by atoms with van der Waals surface area (Å²) >= 11 is 0. The van der Waals surface area contributed by atoms with Crippen molar-refractivity contribution in [3.63, 3.8) is 0 Å². The first-order valence-corrected chi connectivity index (χ1v) is 11.3. The largest absolute Gasteiger partial charge is 0.496 e. The Balaban J connectivity index is 2.36. The molecule has 2 rings (SSSR count). The summed E-state index contributed by atoms with van der Waals surface area (Å²) in [5, 5.41) is -0.788. The average Bonchev–Trinajstić information content (AvgIpc) is 3.09. The number of hydrogen-bond donors (Lipinski definition) is 0. The Morgan fingerprint density at radius 2 is 1.67 bits per heavy atom. The number of hydrogen-bond acceptors (Lipinski definition) is 4. The van der Waals surface area contributed by atoms with Crippen LogP contribution in [0.1, 0.15) is 70.2 Å². The highest BCUT2D eigenvalue weighted by Crippen LogP contribution is 2.55. The van der Waals surface area contributed by atoms with Gasteiger partial charge in [-0.15, -0.1) is 0 Å². The zero-order valence-electron chi connectivity index (χ0n) is 17.6. The second-order valence-electron chi connectivity index (χ2n) is 9.04. The Bertz CT molecular complexity index is 662. The van der Waals surface area contributed by atoms with Gasteiger partial charge in [0.25, 0.3) is 0 Å². The van der Waals surface area contributed by atoms with Gasteiger partial charge in [0, 0.05) is 18.8 Å². The molecule has 1 fully saturated rings. The van der Waals surface area contributed by atoms with Gasteiger partial charge >= 0.3 is 7.80 Å². The second-order valence-corrected chi connectivity index (χ2v) is 11.0. The molecule has 150 valence electrons. The van der Waals surface area contributed by atoms with Crippen molar-refractivity contribution < 1.29 is 18.8 Å². The molecule has 1 aliphatic carbocycles. The van der Waals surface area contributed by atoms with Crippen LogP contribution in [-0.4, -0.2) is 31.3 Å². The Hall–Kier alpha value is -1.41. The van der Waals surface area contributed by atoms with E-state index in [-0.39, 0.29) is 11.2 Å². The van der Waals surface area contributed by atoms with Gasteiger partial charge in [0.15, 0.2) is 0 Å². The van der Waals surface area contributed by atoms with E-state index in [0.717, 1.165) is 19.3 Å². The summed E-state index contributed by atoms with van der Waals surface area (Å²) < 4.78 is 24.4. The van der Waals surface area contributed by atoms with Crippen molar-refractivity contribution in [2.45, 2.75) is 65.0 Å². The highest BCUT2D eigenvalue weighted by atomic mass is 31.1. The summed E-state index contributed by atoms with van der Waals surface area (Å²) in [5.41, 5.74) is 0.630. The van der Waals surface area contributed by atoms with E-state index in [2.05, 4.69) is 27.7 Å². The predicted octanol–water partition coefficient (Wildman–Crippen LogP) is 6.10. The fourth-order valence-corrected chi connectivity index (χ4v) is 6.62. The zero-order chi connectivity index (χ0) is 20.2. The van der Waals surface area contributed by atoms with Crippen molar-refractivity contribution in [1.29, 1.82) is 0 Å². The smallest absolute Gasteiger partial charge is 0.353 e. The third-order valence-electron chi connectivity index (χ3n) is 5.42. The van der Waals surface area contributed by atoms with E-state index in [0.29, 0.717) is 42.0 Å². The molecule has 0 radical (unpaired) electrons. The van der Waals surface area contributed by atoms with Crippen LogP contribution in [0.5, 0.6) is 11.5 Å². The van der Waals surface area contributed by atoms with Gasteiger partial charge in [-0.2, -0.15) is 0 Å². The van der Waals surface area contributed by atoms with E-state index in [1.807, 2.05) is 0 Å². The fourth-order valence-electron chi connectivity index (χ4n) is 4.43. The number of ketones is 1. The summed E-state index contributed by atoms with van der Waals surface area (Å²) in [5.74, 6) is 1.24. The third kappa shape index (κ3) is 4.90. The van der Waals surface area contributed by atoms with E-state index in [9.17, 15) is 9.36 Å². The minimum Gasteiger partial charge on any atom is -0.496 e. The lowest BCUT2D eigenvalue weighted by atomic mass is 9.86. The molecule has 0 amide bonds. The molecule has 0 aromatic heterocycles. The Labute approximate surface area is 164 Å². The number of Topliss-reactive ketones (excluding diaryl/α,β-unsaturated/α-hetero) is 1. The molecule has 1 saturated carbocycles. The first-order valence-electron chi connectivity index (χ1n) is 9.85. The van der Waals surface area contributed by atoms with Gasteiger partial charge < -0.3 is 9.47 Å². The molecule has 0 aliphatic heterocycles. The van der Waals surface area contributed by atoms with Crippen molar-refractivity contribution in [2.24, 2.45) is 11.3 Å². The summed E-state index contributed by atoms with van der Waals surface area (Å²) in [4.78, 5) is 13.7. The molecule has 0 spiro atoms. The number of rotatable bonds is 8. The molecule has 1 aliphatic rings. The zero-order valence-corrected chi connectivity index (χ0v) is 18.5. The predicted molar refractivity (Wildman–Crippen MR) is 111 cm³/mol. The monoisotopic (exact) mass is 393 g/mol. The summed E-state index contributed by atoms with van der Waals surface area (Å²) in [7, 11) is 1.44. The number of carbonyl (C=O) groups is 1. The number of methoxy groups -OCH3 is 2. The molecule has 0 heterocycles. The van der Waals surface area contributed by atoms with Crippen molar-refractivity contribution in [3.8, 4) is 11.5 Å². The Morgan fingerprint density at radius 3 is 2.11 bits per heavy atom. The van der Waals surface area contributed by atoms with E-state index in [1.165, 1.54) is 0 Å². The van der Waals surface area contributed by atoms with Crippen LogP contribution in [0.25, 0.3) is 0 Å². The van der Waals surface area contributed by atoms with E-state index < -0.39 is 13.0 Å². The first-order chi connectivity index (χ1) is 12.6. The number of carbonyl (C=O) groups excluding carboxylic acids is 1. The minimum atomic E-state index is -1.67. The number of ether oxygens (including phenoxy) is 2. The molecule has 1 aromatic rings. The molecular formula is C22H34O4P+. The molecule has 0 N–H and O–H groups in total. The van der Waals surface area contributed by atoms with Crippen LogP contribution >= 0.6 is 7.80 Å². The van der Waals surface area contributed by atoms with E-state index in [1.54, 1.807) is 32.4 Å². The maximum absolute atomic E-state index is 13.7. The highest BCUT2D eigenvalue weighted by Gasteiger charge is 2.58. The highest BCUT2D eigenvalue weighted by molar-refractivity contribution is 7.48. The average molecular weight is 393 g/mol. The molecule has 2 atom stereocenters. The van der Waals surface area contributed by atoms with Crippen LogP contribution in [0.3, 0.4) is 0 Å². The SMILES string of the molecule is COc1cccc(OC)c1C(=O)C1([P+](=O)CC(C)CC(C)(C)C)CCCC1. The second kappa shape index (κ2) is 8.73. The van der Waals surface area contributed by atoms with Crippen molar-refractivity contribution >= 4 is 13.6 Å². The lowest BCUT2D eigenvalue weighted by Crippen LogP contribution is -2.34. The van der Waals surface area contributed by atoms with Gasteiger partial charge in [-0.3, -0.25) is 4.79 Å². The summed E-state index contributed by atoms with van der Waals surface area (Å²) in [6.45, 7) is 8.75. The van der Waals surface area contributed by atoms with Crippen LogP contribution in [0.4, 0.5) is 0 Å². The molecular weight excluding hydrogens is 359 g/mol. The lowest BCUT2D eigenvalue weighted by Gasteiger charge is -2.24. The van der Waals surface area contributed by atoms with Crippen molar-refractivity contribution in [2.75, 3.05) is 20.4 Å². The first kappa shape index (κ1) is 21.9. The van der Waals surface area contributed by atoms with Crippen LogP contribution in [0, 0.1) is 11.3 Å². The standard InChI is InChI=1S/C22H34O4P/c1-16(14-21(2,3)4)15-27(24)22(12-7-8-13-22)20(23)19-17(25-5)10-9-11-18(19)26-6/h9-11,16H,7-8,12-15H2,1-6H3/q+1. The molecule has 0 saturated heterocycles. The Kier molecular flexibility index (Phi) is 7.08. The quantitative estimate of drug-likeness (QED) is 0.396. The minimum absolute atomic E-state index is 0.0710. The van der Waals surface area contributed by atoms with Gasteiger partial charge in [-0.05, 0) is 36.8 Å². The lowest BCUT2D eigenvalue weighted by molar-refractivity contribution is 0.0933. The fraction of sp³-hybridized carbons (Fsp3) is 0.682. The maximum atomic E-state index is 13.7. The molecule has 1 aromatic carbocycles. The van der Waals surface area contributed by atoms with E-state index >= 15 is 0 Å². The van der Waals surface area contributed by atoms with E-state index in [4.69, 9.17) is 9.47 Å².